The summed E-state index contributed by atoms with van der Waals surface area (Å²) in [7, 11) is 0. The Hall–Kier alpha value is -1.80. The number of nitrogen functional groups attached to an aromatic ring is 1. The van der Waals surface area contributed by atoms with E-state index in [2.05, 4.69) is 20.6 Å². The molecule has 0 fully saturated rings. The van der Waals surface area contributed by atoms with Crippen LogP contribution in [-0.4, -0.2) is 19.7 Å². The maximum Gasteiger partial charge on any atom is 0.344 e. The van der Waals surface area contributed by atoms with Gasteiger partial charge in [0.1, 0.15) is 0 Å². The molecule has 0 atom stereocenters. The van der Waals surface area contributed by atoms with Gasteiger partial charge >= 0.3 is 5.69 Å². The number of nitrogens with two attached hydrogens (primary N) is 1. The van der Waals surface area contributed by atoms with Gasteiger partial charge < -0.3 is 5.43 Å². The van der Waals surface area contributed by atoms with Crippen molar-refractivity contribution >= 4 is 17.4 Å². The first kappa shape index (κ1) is 13.6. The van der Waals surface area contributed by atoms with Crippen LogP contribution in [0.1, 0.15) is 25.6 Å². The molecular formula is C11H16N6OS. The Kier molecular flexibility index (Phi) is 4.23. The van der Waals surface area contributed by atoms with Crippen LogP contribution in [0.3, 0.4) is 0 Å². The molecule has 2 aromatic rings. The van der Waals surface area contributed by atoms with Crippen molar-refractivity contribution < 1.29 is 0 Å². The van der Waals surface area contributed by atoms with Crippen LogP contribution in [0.2, 0.25) is 0 Å². The molecule has 2 heterocycles. The van der Waals surface area contributed by atoms with Gasteiger partial charge in [-0.1, -0.05) is 11.8 Å². The molecule has 0 amide bonds. The minimum absolute atomic E-state index is 0.0683. The van der Waals surface area contributed by atoms with Crippen molar-refractivity contribution in [2.45, 2.75) is 30.8 Å². The second-order valence-electron chi connectivity index (χ2n) is 4.24. The molecule has 7 nitrogen and oxygen atoms in total. The molecule has 19 heavy (non-hydrogen) atoms. The lowest BCUT2D eigenvalue weighted by molar-refractivity contribution is 0.534. The van der Waals surface area contributed by atoms with Gasteiger partial charge in [-0.3, -0.25) is 15.4 Å². The Morgan fingerprint density at radius 1 is 1.58 bits per heavy atom. The molecule has 8 heteroatoms. The first-order valence-electron chi connectivity index (χ1n) is 5.83. The average Bonchev–Trinajstić information content (AvgIpc) is 2.78. The molecule has 0 aliphatic carbocycles. The van der Waals surface area contributed by atoms with Gasteiger partial charge in [0.25, 0.3) is 0 Å². The van der Waals surface area contributed by atoms with E-state index in [0.29, 0.717) is 10.9 Å². The summed E-state index contributed by atoms with van der Waals surface area (Å²) in [5.41, 5.74) is 4.05. The predicted octanol–water partition coefficient (Wildman–Crippen LogP) is 1.13. The molecule has 0 radical (unpaired) electrons. The summed E-state index contributed by atoms with van der Waals surface area (Å²) in [5.74, 6) is 5.96. The van der Waals surface area contributed by atoms with Crippen LogP contribution < -0.4 is 17.0 Å². The van der Waals surface area contributed by atoms with Gasteiger partial charge in [-0.25, -0.2) is 9.89 Å². The van der Waals surface area contributed by atoms with Crippen molar-refractivity contribution in [2.24, 2.45) is 5.84 Å². The molecule has 2 aromatic heterocycles. The lowest BCUT2D eigenvalue weighted by atomic mass is 10.3. The summed E-state index contributed by atoms with van der Waals surface area (Å²) in [5, 5.41) is 7.14. The van der Waals surface area contributed by atoms with Crippen LogP contribution in [0.15, 0.2) is 28.3 Å². The van der Waals surface area contributed by atoms with Crippen molar-refractivity contribution in [3.05, 3.63) is 34.5 Å². The fourth-order valence-electron chi connectivity index (χ4n) is 1.63. The lowest BCUT2D eigenvalue weighted by Crippen LogP contribution is -2.19. The maximum atomic E-state index is 11.6. The Labute approximate surface area is 114 Å². The Morgan fingerprint density at radius 3 is 3.05 bits per heavy atom. The van der Waals surface area contributed by atoms with E-state index >= 15 is 0 Å². The number of nitrogens with zero attached hydrogens (tertiary/aromatic N) is 3. The van der Waals surface area contributed by atoms with Crippen molar-refractivity contribution in [3.8, 4) is 0 Å². The third-order valence-corrected chi connectivity index (χ3v) is 3.51. The highest BCUT2D eigenvalue weighted by Crippen LogP contribution is 2.21. The number of thioether (sulfide) groups is 1. The molecule has 0 unspecified atom stereocenters. The standard InChI is InChI=1S/C11H16N6OS/c1-7(2)17-10(18)15-16-11(17)19-6-9-5-8(14-12)3-4-13-9/h3-5,7H,6,12H2,1-2H3,(H,13,14)(H,15,18). The van der Waals surface area contributed by atoms with Gasteiger partial charge in [0.2, 0.25) is 0 Å². The van der Waals surface area contributed by atoms with Gasteiger partial charge in [-0.2, -0.15) is 0 Å². The van der Waals surface area contributed by atoms with Crippen LogP contribution in [-0.2, 0) is 5.75 Å². The SMILES string of the molecule is CC(C)n1c(SCc2cc(NN)ccn2)n[nH]c1=O. The normalized spacial score (nSPS) is 10.9. The zero-order valence-corrected chi connectivity index (χ0v) is 11.6. The molecule has 4 N–H and O–H groups in total. The van der Waals surface area contributed by atoms with E-state index in [0.717, 1.165) is 11.4 Å². The van der Waals surface area contributed by atoms with E-state index in [4.69, 9.17) is 5.84 Å². The van der Waals surface area contributed by atoms with Crippen LogP contribution in [0.4, 0.5) is 5.69 Å². The average molecular weight is 280 g/mol. The van der Waals surface area contributed by atoms with Gasteiger partial charge in [0.15, 0.2) is 5.16 Å². The fraction of sp³-hybridized carbons (Fsp3) is 0.364. The third-order valence-electron chi connectivity index (χ3n) is 2.52. The summed E-state index contributed by atoms with van der Waals surface area (Å²) < 4.78 is 1.62. The molecule has 0 aromatic carbocycles. The Morgan fingerprint density at radius 2 is 2.37 bits per heavy atom. The van der Waals surface area contributed by atoms with E-state index < -0.39 is 0 Å². The Bertz CT molecular complexity index is 605. The van der Waals surface area contributed by atoms with Crippen LogP contribution in [0.5, 0.6) is 0 Å². The highest BCUT2D eigenvalue weighted by molar-refractivity contribution is 7.98. The number of hydrazine groups is 1. The van der Waals surface area contributed by atoms with Crippen LogP contribution in [0.25, 0.3) is 0 Å². The molecule has 0 aliphatic rings. The number of aromatic amines is 1. The smallest absolute Gasteiger partial charge is 0.324 e. The minimum atomic E-state index is -0.192. The van der Waals surface area contributed by atoms with Crippen LogP contribution >= 0.6 is 11.8 Å². The van der Waals surface area contributed by atoms with Gasteiger partial charge in [0, 0.05) is 18.0 Å². The molecular weight excluding hydrogens is 264 g/mol. The summed E-state index contributed by atoms with van der Waals surface area (Å²) in [6.07, 6.45) is 1.69. The van der Waals surface area contributed by atoms with E-state index in [-0.39, 0.29) is 11.7 Å². The van der Waals surface area contributed by atoms with E-state index in [1.807, 2.05) is 19.9 Å². The summed E-state index contributed by atoms with van der Waals surface area (Å²) in [4.78, 5) is 15.8. The van der Waals surface area contributed by atoms with E-state index in [1.54, 1.807) is 16.8 Å². The number of rotatable bonds is 5. The highest BCUT2D eigenvalue weighted by atomic mass is 32.2. The topological polar surface area (TPSA) is 102 Å². The second kappa shape index (κ2) is 5.89. The molecule has 2 rings (SSSR count). The third kappa shape index (κ3) is 3.15. The van der Waals surface area contributed by atoms with Gasteiger partial charge in [0.05, 0.1) is 11.4 Å². The van der Waals surface area contributed by atoms with Gasteiger partial charge in [-0.05, 0) is 26.0 Å². The molecule has 102 valence electrons. The predicted molar refractivity (Wildman–Crippen MR) is 74.8 cm³/mol. The first-order valence-corrected chi connectivity index (χ1v) is 6.81. The van der Waals surface area contributed by atoms with Crippen molar-refractivity contribution in [3.63, 3.8) is 0 Å². The summed E-state index contributed by atoms with van der Waals surface area (Å²) in [6, 6.07) is 3.71. The number of H-pyrrole nitrogens is 1. The minimum Gasteiger partial charge on any atom is -0.324 e. The highest BCUT2D eigenvalue weighted by Gasteiger charge is 2.12. The number of hydrogen-bond acceptors (Lipinski definition) is 6. The zero-order valence-electron chi connectivity index (χ0n) is 10.8. The second-order valence-corrected chi connectivity index (χ2v) is 5.19. The number of aromatic nitrogens is 4. The van der Waals surface area contributed by atoms with E-state index in [1.165, 1.54) is 11.8 Å². The van der Waals surface area contributed by atoms with Gasteiger partial charge in [-0.15, -0.1) is 5.10 Å². The number of nitrogens with one attached hydrogen (secondary N) is 2. The quantitative estimate of drug-likeness (QED) is 0.431. The lowest BCUT2D eigenvalue weighted by Gasteiger charge is -2.08. The number of pyridine rings is 1. The van der Waals surface area contributed by atoms with Crippen molar-refractivity contribution in [1.29, 1.82) is 0 Å². The number of hydrogen-bond donors (Lipinski definition) is 3. The maximum absolute atomic E-state index is 11.6. The first-order chi connectivity index (χ1) is 9.11. The monoisotopic (exact) mass is 280 g/mol. The van der Waals surface area contributed by atoms with E-state index in [9.17, 15) is 4.79 Å². The fourth-order valence-corrected chi connectivity index (χ4v) is 2.61. The summed E-state index contributed by atoms with van der Waals surface area (Å²) in [6.45, 7) is 3.89. The molecule has 0 bridgehead atoms. The molecule has 0 saturated heterocycles. The summed E-state index contributed by atoms with van der Waals surface area (Å²) >= 11 is 1.46. The number of anilines is 1. The largest absolute Gasteiger partial charge is 0.344 e. The van der Waals surface area contributed by atoms with Crippen molar-refractivity contribution in [1.82, 2.24) is 19.7 Å². The van der Waals surface area contributed by atoms with Crippen LogP contribution in [0, 0.1) is 0 Å². The Balaban J connectivity index is 2.12. The molecule has 0 aliphatic heterocycles. The van der Waals surface area contributed by atoms with Crippen molar-refractivity contribution in [2.75, 3.05) is 5.43 Å². The molecule has 0 spiro atoms. The molecule has 0 saturated carbocycles. The zero-order chi connectivity index (χ0) is 13.8.